The van der Waals surface area contributed by atoms with Crippen molar-refractivity contribution in [2.24, 2.45) is 7.05 Å². The topological polar surface area (TPSA) is 96.2 Å². The zero-order chi connectivity index (χ0) is 14.0. The molecule has 1 aromatic rings. The number of aliphatic hydroxyl groups excluding tert-OH is 1. The number of rotatable bonds is 3. The van der Waals surface area contributed by atoms with E-state index in [4.69, 9.17) is 0 Å². The molecule has 2 rings (SSSR count). The number of hydrogen-bond donors (Lipinski definition) is 2. The van der Waals surface area contributed by atoms with Crippen LogP contribution in [0.25, 0.3) is 0 Å². The van der Waals surface area contributed by atoms with Gasteiger partial charge >= 0.3 is 6.03 Å². The molecule has 0 aromatic carbocycles. The van der Waals surface area contributed by atoms with Crippen molar-refractivity contribution >= 4 is 6.03 Å². The molecule has 1 saturated heterocycles. The van der Waals surface area contributed by atoms with Crippen LogP contribution in [0.15, 0.2) is 0 Å². The van der Waals surface area contributed by atoms with Crippen molar-refractivity contribution in [3.8, 4) is 0 Å². The minimum atomic E-state index is -0.184. The van der Waals surface area contributed by atoms with Gasteiger partial charge in [-0.3, -0.25) is 0 Å². The van der Waals surface area contributed by atoms with Gasteiger partial charge in [0.15, 0.2) is 5.82 Å². The first-order valence-corrected chi connectivity index (χ1v) is 6.46. The molecule has 0 unspecified atom stereocenters. The summed E-state index contributed by atoms with van der Waals surface area (Å²) < 4.78 is 1.57. The predicted octanol–water partition coefficient (Wildman–Crippen LogP) is -0.174. The lowest BCUT2D eigenvalue weighted by atomic mass is 10.2. The molecule has 0 radical (unpaired) electrons. The number of tetrazole rings is 1. The minimum Gasteiger partial charge on any atom is -0.394 e. The van der Waals surface area contributed by atoms with Crippen molar-refractivity contribution < 1.29 is 9.90 Å². The first-order valence-electron chi connectivity index (χ1n) is 6.46. The summed E-state index contributed by atoms with van der Waals surface area (Å²) in [5.41, 5.74) is 0. The summed E-state index contributed by atoms with van der Waals surface area (Å²) in [5, 5.41) is 23.7. The zero-order valence-electron chi connectivity index (χ0n) is 11.4. The van der Waals surface area contributed by atoms with E-state index in [0.29, 0.717) is 5.82 Å². The number of urea groups is 1. The molecule has 0 bridgehead atoms. The average Bonchev–Trinajstić information content (AvgIpc) is 2.92. The van der Waals surface area contributed by atoms with Crippen molar-refractivity contribution in [2.45, 2.75) is 44.8 Å². The Balaban J connectivity index is 2.23. The van der Waals surface area contributed by atoms with Gasteiger partial charge in [0, 0.05) is 13.1 Å². The monoisotopic (exact) mass is 268 g/mol. The molecular formula is C11H20N6O2. The summed E-state index contributed by atoms with van der Waals surface area (Å²) in [6.45, 7) is 3.76. The Morgan fingerprint density at radius 1 is 1.53 bits per heavy atom. The highest BCUT2D eigenvalue weighted by Crippen LogP contribution is 2.34. The summed E-state index contributed by atoms with van der Waals surface area (Å²) >= 11 is 0. The molecule has 2 heterocycles. The van der Waals surface area contributed by atoms with E-state index in [1.807, 2.05) is 13.8 Å². The van der Waals surface area contributed by atoms with Crippen molar-refractivity contribution in [3.05, 3.63) is 5.82 Å². The van der Waals surface area contributed by atoms with Crippen molar-refractivity contribution in [2.75, 3.05) is 6.61 Å². The quantitative estimate of drug-likeness (QED) is 0.793. The van der Waals surface area contributed by atoms with Crippen LogP contribution in [0.4, 0.5) is 4.79 Å². The molecule has 1 aromatic heterocycles. The summed E-state index contributed by atoms with van der Waals surface area (Å²) in [4.78, 5) is 13.9. The van der Waals surface area contributed by atoms with Crippen LogP contribution >= 0.6 is 0 Å². The van der Waals surface area contributed by atoms with E-state index in [2.05, 4.69) is 20.8 Å². The zero-order valence-corrected chi connectivity index (χ0v) is 11.4. The number of aryl methyl sites for hydroxylation is 1. The fourth-order valence-corrected chi connectivity index (χ4v) is 2.46. The van der Waals surface area contributed by atoms with E-state index >= 15 is 0 Å². The third-order valence-electron chi connectivity index (χ3n) is 3.31. The van der Waals surface area contributed by atoms with Crippen LogP contribution < -0.4 is 5.32 Å². The molecule has 2 atom stereocenters. The molecule has 0 saturated carbocycles. The van der Waals surface area contributed by atoms with Gasteiger partial charge in [-0.05, 0) is 37.1 Å². The van der Waals surface area contributed by atoms with E-state index in [9.17, 15) is 9.90 Å². The lowest BCUT2D eigenvalue weighted by molar-refractivity contribution is 0.133. The van der Waals surface area contributed by atoms with E-state index in [1.165, 1.54) is 0 Å². The number of hydrogen-bond acceptors (Lipinski definition) is 5. The summed E-state index contributed by atoms with van der Waals surface area (Å²) in [6.07, 6.45) is 1.50. The molecule has 2 N–H and O–H groups in total. The molecule has 0 aliphatic carbocycles. The number of aromatic nitrogens is 4. The first kappa shape index (κ1) is 13.7. The number of amides is 2. The molecule has 19 heavy (non-hydrogen) atoms. The maximum absolute atomic E-state index is 12.3. The molecule has 106 valence electrons. The third kappa shape index (κ3) is 2.67. The number of aliphatic hydroxyl groups is 1. The van der Waals surface area contributed by atoms with E-state index in [-0.39, 0.29) is 30.8 Å². The largest absolute Gasteiger partial charge is 0.394 e. The number of carbonyl (C=O) groups excluding carboxylic acids is 1. The van der Waals surface area contributed by atoms with Crippen LogP contribution in [-0.2, 0) is 7.05 Å². The van der Waals surface area contributed by atoms with Gasteiger partial charge in [-0.15, -0.1) is 5.10 Å². The fraction of sp³-hybridized carbons (Fsp3) is 0.818. The van der Waals surface area contributed by atoms with Gasteiger partial charge in [0.2, 0.25) is 0 Å². The molecule has 1 aliphatic heterocycles. The SMILES string of the molecule is CC(C)NC(=O)N1[C@H](CO)CC[C@H]1c1nnnn1C. The van der Waals surface area contributed by atoms with Gasteiger partial charge in [-0.25, -0.2) is 9.48 Å². The maximum Gasteiger partial charge on any atom is 0.318 e. The highest BCUT2D eigenvalue weighted by Gasteiger charge is 2.40. The minimum absolute atomic E-state index is 0.0470. The number of nitrogens with zero attached hydrogens (tertiary/aromatic N) is 5. The van der Waals surface area contributed by atoms with Gasteiger partial charge in [0.1, 0.15) is 0 Å². The molecule has 8 nitrogen and oxygen atoms in total. The van der Waals surface area contributed by atoms with Gasteiger partial charge in [0.05, 0.1) is 18.7 Å². The van der Waals surface area contributed by atoms with Crippen molar-refractivity contribution in [1.29, 1.82) is 0 Å². The Morgan fingerprint density at radius 2 is 2.26 bits per heavy atom. The van der Waals surface area contributed by atoms with Crippen molar-refractivity contribution in [3.63, 3.8) is 0 Å². The Bertz CT molecular complexity index is 446. The number of likely N-dealkylation sites (tertiary alicyclic amines) is 1. The first-order chi connectivity index (χ1) is 9.04. The second-order valence-electron chi connectivity index (χ2n) is 5.10. The molecular weight excluding hydrogens is 248 g/mol. The molecule has 1 aliphatic rings. The molecule has 1 fully saturated rings. The number of carbonyl (C=O) groups is 1. The standard InChI is InChI=1S/C11H20N6O2/c1-7(2)12-11(19)17-8(6-18)4-5-9(17)10-13-14-15-16(10)3/h7-9,18H,4-6H2,1-3H3,(H,12,19)/t8-,9-/m0/s1. The second kappa shape index (κ2) is 5.52. The van der Waals surface area contributed by atoms with Crippen LogP contribution in [0.3, 0.4) is 0 Å². The highest BCUT2D eigenvalue weighted by molar-refractivity contribution is 5.75. The lowest BCUT2D eigenvalue weighted by Crippen LogP contribution is -2.47. The van der Waals surface area contributed by atoms with Gasteiger partial charge in [0.25, 0.3) is 0 Å². The second-order valence-corrected chi connectivity index (χ2v) is 5.10. The Morgan fingerprint density at radius 3 is 2.79 bits per heavy atom. The van der Waals surface area contributed by atoms with Gasteiger partial charge in [-0.2, -0.15) is 0 Å². The van der Waals surface area contributed by atoms with Crippen molar-refractivity contribution in [1.82, 2.24) is 30.4 Å². The summed E-state index contributed by atoms with van der Waals surface area (Å²) in [5.74, 6) is 0.648. The van der Waals surface area contributed by atoms with Gasteiger partial charge < -0.3 is 15.3 Å². The van der Waals surface area contributed by atoms with E-state index in [0.717, 1.165) is 12.8 Å². The van der Waals surface area contributed by atoms with E-state index in [1.54, 1.807) is 16.6 Å². The van der Waals surface area contributed by atoms with Crippen LogP contribution in [0.1, 0.15) is 38.6 Å². The number of nitrogens with one attached hydrogen (secondary N) is 1. The molecule has 8 heteroatoms. The summed E-state index contributed by atoms with van der Waals surface area (Å²) in [6, 6.07) is -0.499. The van der Waals surface area contributed by atoms with Crippen LogP contribution in [0.2, 0.25) is 0 Å². The average molecular weight is 268 g/mol. The molecule has 2 amide bonds. The molecule has 0 spiro atoms. The summed E-state index contributed by atoms with van der Waals surface area (Å²) in [7, 11) is 1.75. The normalized spacial score (nSPS) is 23.1. The Labute approximate surface area is 111 Å². The van der Waals surface area contributed by atoms with Gasteiger partial charge in [-0.1, -0.05) is 0 Å². The third-order valence-corrected chi connectivity index (χ3v) is 3.31. The highest BCUT2D eigenvalue weighted by atomic mass is 16.3. The van der Waals surface area contributed by atoms with Crippen LogP contribution in [0.5, 0.6) is 0 Å². The lowest BCUT2D eigenvalue weighted by Gasteiger charge is -2.29. The van der Waals surface area contributed by atoms with Crippen LogP contribution in [0, 0.1) is 0 Å². The maximum atomic E-state index is 12.3. The fourth-order valence-electron chi connectivity index (χ4n) is 2.46. The van der Waals surface area contributed by atoms with E-state index < -0.39 is 0 Å². The van der Waals surface area contributed by atoms with Crippen LogP contribution in [-0.4, -0.2) is 54.9 Å². The smallest absolute Gasteiger partial charge is 0.318 e. The predicted molar refractivity (Wildman–Crippen MR) is 67.2 cm³/mol. The Kier molecular flexibility index (Phi) is 3.98. The Hall–Kier alpha value is -1.70.